The van der Waals surface area contributed by atoms with E-state index in [0.29, 0.717) is 11.7 Å². The van der Waals surface area contributed by atoms with Crippen LogP contribution in [0.3, 0.4) is 0 Å². The Labute approximate surface area is 163 Å². The second-order valence-corrected chi connectivity index (χ2v) is 6.96. The molecule has 0 amide bonds. The summed E-state index contributed by atoms with van der Waals surface area (Å²) in [6.45, 7) is 1.87. The van der Waals surface area contributed by atoms with Gasteiger partial charge >= 0.3 is 0 Å². The van der Waals surface area contributed by atoms with Gasteiger partial charge in [0, 0.05) is 30.0 Å². The molecule has 3 aromatic rings. The molecule has 0 spiro atoms. The second-order valence-electron chi connectivity index (χ2n) is 6.96. The molecule has 2 atom stereocenters. The van der Waals surface area contributed by atoms with Crippen LogP contribution < -0.4 is 15.4 Å². The Morgan fingerprint density at radius 1 is 1.07 bits per heavy atom. The molecule has 3 aromatic heterocycles. The molecule has 0 saturated heterocycles. The quantitative estimate of drug-likeness (QED) is 0.724. The van der Waals surface area contributed by atoms with Crippen LogP contribution in [0.5, 0.6) is 5.75 Å². The van der Waals surface area contributed by atoms with Gasteiger partial charge in [-0.15, -0.1) is 5.10 Å². The lowest BCUT2D eigenvalue weighted by Crippen LogP contribution is -2.32. The first-order valence-corrected chi connectivity index (χ1v) is 9.32. The number of anilines is 2. The van der Waals surface area contributed by atoms with Crippen LogP contribution in [0.4, 0.5) is 11.8 Å². The average molecular weight is 377 g/mol. The number of rotatable bonds is 5. The van der Waals surface area contributed by atoms with Crippen molar-refractivity contribution in [2.24, 2.45) is 5.73 Å². The molecule has 0 unspecified atom stereocenters. The Morgan fingerprint density at radius 3 is 2.61 bits per heavy atom. The van der Waals surface area contributed by atoms with E-state index in [2.05, 4.69) is 25.1 Å². The Balaban J connectivity index is 1.69. The lowest BCUT2D eigenvalue weighted by Gasteiger charge is -2.27. The molecule has 4 rings (SSSR count). The first kappa shape index (κ1) is 18.2. The van der Waals surface area contributed by atoms with Gasteiger partial charge < -0.3 is 10.5 Å². The highest BCUT2D eigenvalue weighted by molar-refractivity contribution is 5.67. The molecule has 3 heterocycles. The van der Waals surface area contributed by atoms with Crippen LogP contribution in [0.1, 0.15) is 25.0 Å². The van der Waals surface area contributed by atoms with Crippen LogP contribution >= 0.6 is 0 Å². The number of hydrogen-bond acceptors (Lipinski definition) is 8. The van der Waals surface area contributed by atoms with Crippen molar-refractivity contribution in [2.45, 2.75) is 38.3 Å². The van der Waals surface area contributed by atoms with E-state index in [4.69, 9.17) is 10.5 Å². The molecule has 2 N–H and O–H groups in total. The Bertz CT molecular complexity index is 930. The summed E-state index contributed by atoms with van der Waals surface area (Å²) in [6.07, 6.45) is 8.07. The van der Waals surface area contributed by atoms with Crippen molar-refractivity contribution in [1.29, 1.82) is 0 Å². The fraction of sp³-hybridized carbons (Fsp3) is 0.350. The van der Waals surface area contributed by atoms with Crippen LogP contribution in [0.15, 0.2) is 42.9 Å². The first-order chi connectivity index (χ1) is 13.7. The highest BCUT2D eigenvalue weighted by atomic mass is 16.5. The van der Waals surface area contributed by atoms with E-state index < -0.39 is 0 Å². The van der Waals surface area contributed by atoms with Gasteiger partial charge in [-0.05, 0) is 50.5 Å². The number of nitrogens with zero attached hydrogens (tertiary/aromatic N) is 6. The fourth-order valence-corrected chi connectivity index (χ4v) is 3.56. The molecule has 8 heteroatoms. The number of aryl methyl sites for hydroxylation is 1. The summed E-state index contributed by atoms with van der Waals surface area (Å²) in [7, 11) is 1.63. The summed E-state index contributed by atoms with van der Waals surface area (Å²) >= 11 is 0. The van der Waals surface area contributed by atoms with E-state index in [-0.39, 0.29) is 12.1 Å². The predicted octanol–water partition coefficient (Wildman–Crippen LogP) is 2.66. The van der Waals surface area contributed by atoms with Crippen molar-refractivity contribution >= 4 is 11.8 Å². The number of hydrogen-bond donors (Lipinski definition) is 1. The molecule has 1 fully saturated rings. The minimum atomic E-state index is 0.183. The number of ether oxygens (including phenoxy) is 1. The summed E-state index contributed by atoms with van der Waals surface area (Å²) in [6, 6.07) is 8.04. The topological polar surface area (TPSA) is 103 Å². The number of aromatic nitrogens is 5. The summed E-state index contributed by atoms with van der Waals surface area (Å²) in [4.78, 5) is 15.6. The highest BCUT2D eigenvalue weighted by Crippen LogP contribution is 2.33. The lowest BCUT2D eigenvalue weighted by molar-refractivity contribution is 0.415. The number of nitrogens with two attached hydrogens (primary N) is 1. The van der Waals surface area contributed by atoms with Gasteiger partial charge in [-0.3, -0.25) is 9.88 Å². The summed E-state index contributed by atoms with van der Waals surface area (Å²) in [5, 5.41) is 8.45. The standard InChI is InChI=1S/C20H23N7O/c1-13-11-24-20(26-25-13)27(16-7-6-15(21)10-16)18-8-5-14(12-23-18)19-17(28-2)4-3-9-22-19/h3-5,8-9,11-12,15-16H,6-7,10,21H2,1-2H3/t15-,16-/m0/s1. The van der Waals surface area contributed by atoms with Crippen LogP contribution in [-0.2, 0) is 0 Å². The molecule has 144 valence electrons. The minimum absolute atomic E-state index is 0.183. The molecular formula is C20H23N7O. The van der Waals surface area contributed by atoms with Gasteiger partial charge in [-0.1, -0.05) is 0 Å². The number of methoxy groups -OCH3 is 1. The van der Waals surface area contributed by atoms with Gasteiger partial charge in [0.05, 0.1) is 19.0 Å². The average Bonchev–Trinajstić information content (AvgIpc) is 3.16. The summed E-state index contributed by atoms with van der Waals surface area (Å²) < 4.78 is 5.41. The Hall–Kier alpha value is -3.13. The monoisotopic (exact) mass is 377 g/mol. The van der Waals surface area contributed by atoms with Crippen LogP contribution in [0.2, 0.25) is 0 Å². The molecular weight excluding hydrogens is 354 g/mol. The third-order valence-electron chi connectivity index (χ3n) is 4.95. The smallest absolute Gasteiger partial charge is 0.251 e. The molecule has 28 heavy (non-hydrogen) atoms. The van der Waals surface area contributed by atoms with E-state index >= 15 is 0 Å². The van der Waals surface area contributed by atoms with Crippen LogP contribution in [0.25, 0.3) is 11.3 Å². The maximum absolute atomic E-state index is 6.15. The SMILES string of the molecule is COc1cccnc1-c1ccc(N(c2ncc(C)nn2)[C@H]2CC[C@H](N)C2)nc1. The van der Waals surface area contributed by atoms with Crippen molar-refractivity contribution < 1.29 is 4.74 Å². The van der Waals surface area contributed by atoms with Crippen molar-refractivity contribution in [3.63, 3.8) is 0 Å². The van der Waals surface area contributed by atoms with E-state index in [1.807, 2.05) is 36.1 Å². The van der Waals surface area contributed by atoms with Gasteiger partial charge in [-0.25, -0.2) is 9.97 Å². The van der Waals surface area contributed by atoms with Gasteiger partial charge in [0.2, 0.25) is 0 Å². The molecule has 0 aromatic carbocycles. The van der Waals surface area contributed by atoms with E-state index in [1.54, 1.807) is 25.7 Å². The minimum Gasteiger partial charge on any atom is -0.494 e. The predicted molar refractivity (Wildman–Crippen MR) is 106 cm³/mol. The molecule has 0 aliphatic heterocycles. The van der Waals surface area contributed by atoms with Gasteiger partial charge in [0.15, 0.2) is 0 Å². The molecule has 8 nitrogen and oxygen atoms in total. The molecule has 1 saturated carbocycles. The zero-order valence-corrected chi connectivity index (χ0v) is 16.0. The van der Waals surface area contributed by atoms with Crippen molar-refractivity contribution in [3.05, 3.63) is 48.5 Å². The van der Waals surface area contributed by atoms with E-state index in [0.717, 1.165) is 42.0 Å². The summed E-state index contributed by atoms with van der Waals surface area (Å²) in [5.41, 5.74) is 8.56. The fourth-order valence-electron chi connectivity index (χ4n) is 3.56. The first-order valence-electron chi connectivity index (χ1n) is 9.32. The van der Waals surface area contributed by atoms with Crippen molar-refractivity contribution in [1.82, 2.24) is 25.1 Å². The van der Waals surface area contributed by atoms with Gasteiger partial charge in [0.25, 0.3) is 5.95 Å². The van der Waals surface area contributed by atoms with Gasteiger partial charge in [-0.2, -0.15) is 5.10 Å². The Kier molecular flexibility index (Phi) is 5.12. The van der Waals surface area contributed by atoms with Crippen molar-refractivity contribution in [3.8, 4) is 17.0 Å². The molecule has 1 aliphatic carbocycles. The Morgan fingerprint density at radius 2 is 1.96 bits per heavy atom. The zero-order valence-electron chi connectivity index (χ0n) is 16.0. The largest absolute Gasteiger partial charge is 0.494 e. The molecule has 0 radical (unpaired) electrons. The third kappa shape index (κ3) is 3.63. The molecule has 1 aliphatic rings. The highest BCUT2D eigenvalue weighted by Gasteiger charge is 2.31. The maximum Gasteiger partial charge on any atom is 0.251 e. The zero-order chi connectivity index (χ0) is 19.5. The van der Waals surface area contributed by atoms with Gasteiger partial charge in [0.1, 0.15) is 17.3 Å². The summed E-state index contributed by atoms with van der Waals surface area (Å²) in [5.74, 6) is 2.02. The second kappa shape index (κ2) is 7.85. The van der Waals surface area contributed by atoms with Crippen LogP contribution in [0, 0.1) is 6.92 Å². The maximum atomic E-state index is 6.15. The van der Waals surface area contributed by atoms with Crippen molar-refractivity contribution in [2.75, 3.05) is 12.0 Å². The van der Waals surface area contributed by atoms with E-state index in [9.17, 15) is 0 Å². The van der Waals surface area contributed by atoms with E-state index in [1.165, 1.54) is 0 Å². The lowest BCUT2D eigenvalue weighted by atomic mass is 10.1. The third-order valence-corrected chi connectivity index (χ3v) is 4.95. The molecule has 0 bridgehead atoms. The number of pyridine rings is 2. The normalized spacial score (nSPS) is 18.8. The van der Waals surface area contributed by atoms with Crippen LogP contribution in [-0.4, -0.2) is 44.3 Å².